The van der Waals surface area contributed by atoms with E-state index in [0.29, 0.717) is 6.04 Å². The number of hydrogen-bond acceptors (Lipinski definition) is 3. The third-order valence-electron chi connectivity index (χ3n) is 2.22. The van der Waals surface area contributed by atoms with Gasteiger partial charge in [-0.05, 0) is 33.0 Å². The maximum atomic E-state index is 5.31. The molecule has 0 saturated heterocycles. The van der Waals surface area contributed by atoms with Gasteiger partial charge in [0.05, 0.1) is 12.1 Å². The molecule has 1 rings (SSSR count). The fourth-order valence-electron chi connectivity index (χ4n) is 1.36. The van der Waals surface area contributed by atoms with Gasteiger partial charge >= 0.3 is 0 Å². The summed E-state index contributed by atoms with van der Waals surface area (Å²) in [7, 11) is 3.71. The quantitative estimate of drug-likeness (QED) is 0.803. The molecule has 2 nitrogen and oxygen atoms in total. The van der Waals surface area contributed by atoms with Gasteiger partial charge in [-0.25, -0.2) is 0 Å². The molecule has 0 radical (unpaired) electrons. The lowest BCUT2D eigenvalue weighted by Crippen LogP contribution is -2.27. The molecule has 1 aromatic heterocycles. The van der Waals surface area contributed by atoms with E-state index in [4.69, 9.17) is 4.74 Å². The number of aryl methyl sites for hydroxylation is 1. The summed E-state index contributed by atoms with van der Waals surface area (Å²) < 4.78 is 5.31. The second-order valence-corrected chi connectivity index (χ2v) is 4.48. The van der Waals surface area contributed by atoms with E-state index in [2.05, 4.69) is 31.3 Å². The Bertz CT molecular complexity index is 259. The van der Waals surface area contributed by atoms with Crippen LogP contribution in [0.25, 0.3) is 0 Å². The first-order valence-electron chi connectivity index (χ1n) is 4.45. The average molecular weight is 199 g/mol. The van der Waals surface area contributed by atoms with Crippen LogP contribution in [0.3, 0.4) is 0 Å². The van der Waals surface area contributed by atoms with Crippen LogP contribution in [0.1, 0.15) is 22.7 Å². The minimum atomic E-state index is 0.211. The summed E-state index contributed by atoms with van der Waals surface area (Å²) in [6, 6.07) is 4.62. The Labute approximate surface area is 83.9 Å². The number of hydrogen-bond donors (Lipinski definition) is 1. The Balaban J connectivity index is 2.77. The molecule has 0 aliphatic carbocycles. The topological polar surface area (TPSA) is 21.3 Å². The number of rotatable bonds is 4. The minimum Gasteiger partial charge on any atom is -0.380 e. The smallest absolute Gasteiger partial charge is 0.0745 e. The van der Waals surface area contributed by atoms with Crippen molar-refractivity contribution in [3.8, 4) is 0 Å². The maximum absolute atomic E-state index is 5.31. The molecule has 74 valence electrons. The van der Waals surface area contributed by atoms with Gasteiger partial charge in [-0.3, -0.25) is 0 Å². The van der Waals surface area contributed by atoms with Crippen LogP contribution in [-0.4, -0.2) is 20.3 Å². The van der Waals surface area contributed by atoms with Crippen LogP contribution in [0.4, 0.5) is 0 Å². The molecule has 2 unspecified atom stereocenters. The van der Waals surface area contributed by atoms with Gasteiger partial charge in [-0.1, -0.05) is 0 Å². The molecule has 2 atom stereocenters. The van der Waals surface area contributed by atoms with Crippen LogP contribution in [0.15, 0.2) is 12.1 Å². The van der Waals surface area contributed by atoms with Crippen molar-refractivity contribution in [1.29, 1.82) is 0 Å². The van der Waals surface area contributed by atoms with E-state index in [1.54, 1.807) is 7.11 Å². The molecule has 1 heterocycles. The van der Waals surface area contributed by atoms with E-state index in [0.717, 1.165) is 0 Å². The monoisotopic (exact) mass is 199 g/mol. The number of ether oxygens (including phenoxy) is 1. The molecule has 0 aliphatic heterocycles. The van der Waals surface area contributed by atoms with Gasteiger partial charge in [0.2, 0.25) is 0 Å². The molecule has 0 saturated carbocycles. The van der Waals surface area contributed by atoms with Gasteiger partial charge in [0.15, 0.2) is 0 Å². The highest BCUT2D eigenvalue weighted by Crippen LogP contribution is 2.25. The summed E-state index contributed by atoms with van der Waals surface area (Å²) in [5.41, 5.74) is 0. The molecule has 0 aromatic carbocycles. The summed E-state index contributed by atoms with van der Waals surface area (Å²) in [4.78, 5) is 2.69. The van der Waals surface area contributed by atoms with E-state index in [9.17, 15) is 0 Å². The highest BCUT2D eigenvalue weighted by Gasteiger charge is 2.17. The van der Waals surface area contributed by atoms with Crippen LogP contribution in [-0.2, 0) is 4.74 Å². The summed E-state index contributed by atoms with van der Waals surface area (Å²) in [6.07, 6.45) is 0.211. The lowest BCUT2D eigenvalue weighted by molar-refractivity contribution is 0.0868. The lowest BCUT2D eigenvalue weighted by atomic mass is 10.1. The van der Waals surface area contributed by atoms with Crippen molar-refractivity contribution in [1.82, 2.24) is 5.32 Å². The highest BCUT2D eigenvalue weighted by molar-refractivity contribution is 7.12. The molecule has 0 spiro atoms. The standard InChI is InChI=1S/C10H17NOS/c1-7-5-6-9(13-7)10(11-3)8(2)12-4/h5-6,8,10-11H,1-4H3. The van der Waals surface area contributed by atoms with Gasteiger partial charge in [0, 0.05) is 16.9 Å². The van der Waals surface area contributed by atoms with Crippen LogP contribution < -0.4 is 5.32 Å². The number of likely N-dealkylation sites (N-methyl/N-ethyl adjacent to an activating group) is 1. The summed E-state index contributed by atoms with van der Waals surface area (Å²) in [6.45, 7) is 4.20. The first-order valence-corrected chi connectivity index (χ1v) is 5.27. The van der Waals surface area contributed by atoms with Gasteiger partial charge in [0.25, 0.3) is 0 Å². The molecule has 0 amide bonds. The van der Waals surface area contributed by atoms with E-state index in [1.807, 2.05) is 18.4 Å². The molecule has 13 heavy (non-hydrogen) atoms. The second-order valence-electron chi connectivity index (χ2n) is 3.16. The SMILES string of the molecule is CNC(c1ccc(C)s1)C(C)OC. The van der Waals surface area contributed by atoms with Crippen molar-refractivity contribution in [2.75, 3.05) is 14.2 Å². The second kappa shape index (κ2) is 4.74. The van der Waals surface area contributed by atoms with Crippen LogP contribution in [0.5, 0.6) is 0 Å². The van der Waals surface area contributed by atoms with Crippen molar-refractivity contribution >= 4 is 11.3 Å². The predicted molar refractivity (Wildman–Crippen MR) is 57.3 cm³/mol. The highest BCUT2D eigenvalue weighted by atomic mass is 32.1. The summed E-state index contributed by atoms with van der Waals surface area (Å²) >= 11 is 1.82. The predicted octanol–water partition coefficient (Wildman–Crippen LogP) is 2.35. The third-order valence-corrected chi connectivity index (χ3v) is 3.30. The molecule has 1 N–H and O–H groups in total. The van der Waals surface area contributed by atoms with Crippen LogP contribution in [0, 0.1) is 6.92 Å². The number of nitrogens with one attached hydrogen (secondary N) is 1. The lowest BCUT2D eigenvalue weighted by Gasteiger charge is -2.20. The summed E-state index contributed by atoms with van der Waals surface area (Å²) in [5.74, 6) is 0. The van der Waals surface area contributed by atoms with Gasteiger partial charge in [0.1, 0.15) is 0 Å². The molecule has 0 fully saturated rings. The van der Waals surface area contributed by atoms with Crippen molar-refractivity contribution in [3.05, 3.63) is 21.9 Å². The van der Waals surface area contributed by atoms with Crippen molar-refractivity contribution < 1.29 is 4.74 Å². The van der Waals surface area contributed by atoms with Crippen molar-refractivity contribution in [3.63, 3.8) is 0 Å². The largest absolute Gasteiger partial charge is 0.380 e. The zero-order valence-electron chi connectivity index (χ0n) is 8.63. The molecule has 0 bridgehead atoms. The third kappa shape index (κ3) is 2.53. The number of methoxy groups -OCH3 is 1. The van der Waals surface area contributed by atoms with Crippen molar-refractivity contribution in [2.24, 2.45) is 0 Å². The Morgan fingerprint density at radius 1 is 1.46 bits per heavy atom. The maximum Gasteiger partial charge on any atom is 0.0745 e. The zero-order valence-corrected chi connectivity index (χ0v) is 9.44. The van der Waals surface area contributed by atoms with Crippen LogP contribution >= 0.6 is 11.3 Å². The van der Waals surface area contributed by atoms with Gasteiger partial charge in [-0.2, -0.15) is 0 Å². The summed E-state index contributed by atoms with van der Waals surface area (Å²) in [5, 5.41) is 3.27. The molecule has 3 heteroatoms. The average Bonchev–Trinajstić information content (AvgIpc) is 2.53. The first-order chi connectivity index (χ1) is 6.19. The Morgan fingerprint density at radius 2 is 2.15 bits per heavy atom. The van der Waals surface area contributed by atoms with Gasteiger partial charge < -0.3 is 10.1 Å². The molecule has 1 aromatic rings. The van der Waals surface area contributed by atoms with E-state index in [1.165, 1.54) is 9.75 Å². The zero-order chi connectivity index (χ0) is 9.84. The molecular weight excluding hydrogens is 182 g/mol. The molecule has 0 aliphatic rings. The van der Waals surface area contributed by atoms with E-state index >= 15 is 0 Å². The first kappa shape index (κ1) is 10.7. The minimum absolute atomic E-state index is 0.211. The van der Waals surface area contributed by atoms with Crippen molar-refractivity contribution in [2.45, 2.75) is 26.0 Å². The number of thiophene rings is 1. The van der Waals surface area contributed by atoms with Gasteiger partial charge in [-0.15, -0.1) is 11.3 Å². The molecular formula is C10H17NOS. The fourth-order valence-corrected chi connectivity index (χ4v) is 2.45. The van der Waals surface area contributed by atoms with E-state index < -0.39 is 0 Å². The normalized spacial score (nSPS) is 15.7. The fraction of sp³-hybridized carbons (Fsp3) is 0.600. The van der Waals surface area contributed by atoms with Crippen LogP contribution in [0.2, 0.25) is 0 Å². The Hall–Kier alpha value is -0.380. The Kier molecular flexibility index (Phi) is 3.90. The van der Waals surface area contributed by atoms with E-state index in [-0.39, 0.29) is 6.10 Å². The Morgan fingerprint density at radius 3 is 2.54 bits per heavy atom.